The minimum absolute atomic E-state index is 0.192. The van der Waals surface area contributed by atoms with Crippen molar-refractivity contribution >= 4 is 11.7 Å². The standard InChI is InChI=1S/C8H10N2O2/c1-5-2-3-7(10-9)6(4-5)8(11)12/h2-4,10H,9H2,1H3,(H,11,12). The van der Waals surface area contributed by atoms with Gasteiger partial charge in [0, 0.05) is 0 Å². The third kappa shape index (κ3) is 1.54. The first-order valence-corrected chi connectivity index (χ1v) is 3.45. The Balaban J connectivity index is 3.21. The van der Waals surface area contributed by atoms with Gasteiger partial charge in [-0.2, -0.15) is 0 Å². The molecule has 0 unspecified atom stereocenters. The first kappa shape index (κ1) is 8.55. The molecule has 0 atom stereocenters. The summed E-state index contributed by atoms with van der Waals surface area (Å²) in [6.07, 6.45) is 0. The summed E-state index contributed by atoms with van der Waals surface area (Å²) in [5.74, 6) is 4.15. The number of carboxylic acid groups (broad SMARTS) is 1. The van der Waals surface area contributed by atoms with Crippen molar-refractivity contribution in [3.63, 3.8) is 0 Å². The summed E-state index contributed by atoms with van der Waals surface area (Å²) < 4.78 is 0. The van der Waals surface area contributed by atoms with Crippen LogP contribution in [0.15, 0.2) is 18.2 Å². The smallest absolute Gasteiger partial charge is 0.337 e. The molecule has 64 valence electrons. The van der Waals surface area contributed by atoms with Crippen LogP contribution in [-0.4, -0.2) is 11.1 Å². The molecule has 0 spiro atoms. The average Bonchev–Trinajstić information content (AvgIpc) is 2.04. The molecule has 0 fully saturated rings. The highest BCUT2D eigenvalue weighted by atomic mass is 16.4. The molecule has 1 aromatic carbocycles. The Labute approximate surface area is 70.0 Å². The maximum atomic E-state index is 10.6. The summed E-state index contributed by atoms with van der Waals surface area (Å²) in [5.41, 5.74) is 3.83. The summed E-state index contributed by atoms with van der Waals surface area (Å²) in [5, 5.41) is 8.73. The van der Waals surface area contributed by atoms with Gasteiger partial charge in [-0.25, -0.2) is 4.79 Å². The molecule has 0 bridgehead atoms. The molecule has 0 aromatic heterocycles. The highest BCUT2D eigenvalue weighted by Crippen LogP contribution is 2.15. The lowest BCUT2D eigenvalue weighted by Crippen LogP contribution is -2.11. The van der Waals surface area contributed by atoms with Crippen molar-refractivity contribution in [1.29, 1.82) is 0 Å². The van der Waals surface area contributed by atoms with Gasteiger partial charge in [0.15, 0.2) is 0 Å². The number of rotatable bonds is 2. The number of aryl methyl sites for hydroxylation is 1. The highest BCUT2D eigenvalue weighted by molar-refractivity contribution is 5.94. The van der Waals surface area contributed by atoms with Gasteiger partial charge < -0.3 is 10.5 Å². The second kappa shape index (κ2) is 3.23. The van der Waals surface area contributed by atoms with E-state index in [4.69, 9.17) is 10.9 Å². The summed E-state index contributed by atoms with van der Waals surface area (Å²) in [6, 6.07) is 5.00. The monoisotopic (exact) mass is 166 g/mol. The van der Waals surface area contributed by atoms with Gasteiger partial charge >= 0.3 is 5.97 Å². The molecule has 0 aliphatic carbocycles. The predicted octanol–water partition coefficient (Wildman–Crippen LogP) is 0.979. The third-order valence-corrected chi connectivity index (χ3v) is 1.56. The van der Waals surface area contributed by atoms with E-state index in [1.807, 2.05) is 6.92 Å². The largest absolute Gasteiger partial charge is 0.478 e. The zero-order chi connectivity index (χ0) is 9.14. The minimum atomic E-state index is -0.980. The minimum Gasteiger partial charge on any atom is -0.478 e. The lowest BCUT2D eigenvalue weighted by Gasteiger charge is -2.04. The molecule has 0 aliphatic heterocycles. The van der Waals surface area contributed by atoms with Crippen LogP contribution in [0.1, 0.15) is 15.9 Å². The number of nitrogens with one attached hydrogen (secondary N) is 1. The Bertz CT molecular complexity index is 310. The molecule has 0 aliphatic rings. The lowest BCUT2D eigenvalue weighted by molar-refractivity contribution is 0.0698. The van der Waals surface area contributed by atoms with E-state index in [0.717, 1.165) is 5.56 Å². The zero-order valence-electron chi connectivity index (χ0n) is 6.66. The fourth-order valence-corrected chi connectivity index (χ4v) is 0.961. The molecule has 0 radical (unpaired) electrons. The molecule has 4 N–H and O–H groups in total. The summed E-state index contributed by atoms with van der Waals surface area (Å²) in [7, 11) is 0. The van der Waals surface area contributed by atoms with Crippen LogP contribution in [0.25, 0.3) is 0 Å². The fraction of sp³-hybridized carbons (Fsp3) is 0.125. The second-order valence-electron chi connectivity index (χ2n) is 2.50. The van der Waals surface area contributed by atoms with Crippen molar-refractivity contribution in [3.8, 4) is 0 Å². The van der Waals surface area contributed by atoms with E-state index in [1.165, 1.54) is 0 Å². The first-order chi connectivity index (χ1) is 5.65. The SMILES string of the molecule is Cc1ccc(NN)c(C(=O)O)c1. The van der Waals surface area contributed by atoms with E-state index in [9.17, 15) is 4.79 Å². The van der Waals surface area contributed by atoms with E-state index >= 15 is 0 Å². The van der Waals surface area contributed by atoms with Crippen LogP contribution in [-0.2, 0) is 0 Å². The Morgan fingerprint density at radius 1 is 1.58 bits per heavy atom. The number of hydrazine groups is 1. The topological polar surface area (TPSA) is 75.3 Å². The average molecular weight is 166 g/mol. The number of hydrogen-bond donors (Lipinski definition) is 3. The van der Waals surface area contributed by atoms with Crippen molar-refractivity contribution in [2.75, 3.05) is 5.43 Å². The van der Waals surface area contributed by atoms with Gasteiger partial charge in [0.2, 0.25) is 0 Å². The Morgan fingerprint density at radius 3 is 2.75 bits per heavy atom. The third-order valence-electron chi connectivity index (χ3n) is 1.56. The van der Waals surface area contributed by atoms with Gasteiger partial charge in [0.25, 0.3) is 0 Å². The number of nitrogen functional groups attached to an aromatic ring is 1. The second-order valence-corrected chi connectivity index (χ2v) is 2.50. The molecular weight excluding hydrogens is 156 g/mol. The zero-order valence-corrected chi connectivity index (χ0v) is 6.66. The van der Waals surface area contributed by atoms with Crippen LogP contribution in [0.4, 0.5) is 5.69 Å². The maximum absolute atomic E-state index is 10.6. The van der Waals surface area contributed by atoms with Gasteiger partial charge in [-0.3, -0.25) is 5.84 Å². The van der Waals surface area contributed by atoms with Gasteiger partial charge in [0.1, 0.15) is 0 Å². The van der Waals surface area contributed by atoms with Gasteiger partial charge in [-0.05, 0) is 19.1 Å². The molecular formula is C8H10N2O2. The van der Waals surface area contributed by atoms with Crippen LogP contribution in [0.5, 0.6) is 0 Å². The molecule has 1 aromatic rings. The van der Waals surface area contributed by atoms with Crippen molar-refractivity contribution < 1.29 is 9.90 Å². The molecule has 0 amide bonds. The Morgan fingerprint density at radius 2 is 2.25 bits per heavy atom. The molecule has 0 heterocycles. The number of nitrogens with two attached hydrogens (primary N) is 1. The number of benzene rings is 1. The quantitative estimate of drug-likeness (QED) is 0.452. The van der Waals surface area contributed by atoms with Crippen LogP contribution in [0, 0.1) is 6.92 Å². The van der Waals surface area contributed by atoms with Crippen LogP contribution >= 0.6 is 0 Å². The molecule has 4 nitrogen and oxygen atoms in total. The highest BCUT2D eigenvalue weighted by Gasteiger charge is 2.08. The molecule has 0 saturated carbocycles. The number of aromatic carboxylic acids is 1. The lowest BCUT2D eigenvalue weighted by atomic mass is 10.1. The number of carboxylic acids is 1. The van der Waals surface area contributed by atoms with Crippen molar-refractivity contribution in [1.82, 2.24) is 0 Å². The normalized spacial score (nSPS) is 9.50. The molecule has 1 rings (SSSR count). The molecule has 0 saturated heterocycles. The van der Waals surface area contributed by atoms with Gasteiger partial charge in [0.05, 0.1) is 11.3 Å². The Kier molecular flexibility index (Phi) is 2.30. The number of carbonyl (C=O) groups is 1. The van der Waals surface area contributed by atoms with Crippen LogP contribution in [0.2, 0.25) is 0 Å². The van der Waals surface area contributed by atoms with E-state index in [-0.39, 0.29) is 5.56 Å². The predicted molar refractivity (Wildman–Crippen MR) is 45.9 cm³/mol. The first-order valence-electron chi connectivity index (χ1n) is 3.45. The van der Waals surface area contributed by atoms with Crippen molar-refractivity contribution in [2.24, 2.45) is 5.84 Å². The van der Waals surface area contributed by atoms with E-state index in [0.29, 0.717) is 5.69 Å². The number of hydrogen-bond acceptors (Lipinski definition) is 3. The fourth-order valence-electron chi connectivity index (χ4n) is 0.961. The van der Waals surface area contributed by atoms with E-state index < -0.39 is 5.97 Å². The summed E-state index contributed by atoms with van der Waals surface area (Å²) in [4.78, 5) is 10.6. The van der Waals surface area contributed by atoms with Crippen molar-refractivity contribution in [3.05, 3.63) is 29.3 Å². The van der Waals surface area contributed by atoms with E-state index in [2.05, 4.69) is 5.43 Å². The van der Waals surface area contributed by atoms with Gasteiger partial charge in [-0.1, -0.05) is 11.6 Å². The maximum Gasteiger partial charge on any atom is 0.337 e. The Hall–Kier alpha value is -1.55. The van der Waals surface area contributed by atoms with E-state index in [1.54, 1.807) is 18.2 Å². The van der Waals surface area contributed by atoms with Crippen LogP contribution in [0.3, 0.4) is 0 Å². The van der Waals surface area contributed by atoms with Gasteiger partial charge in [-0.15, -0.1) is 0 Å². The number of anilines is 1. The summed E-state index contributed by atoms with van der Waals surface area (Å²) >= 11 is 0. The van der Waals surface area contributed by atoms with Crippen LogP contribution < -0.4 is 11.3 Å². The van der Waals surface area contributed by atoms with Crippen molar-refractivity contribution in [2.45, 2.75) is 6.92 Å². The summed E-state index contributed by atoms with van der Waals surface area (Å²) in [6.45, 7) is 1.83. The molecule has 12 heavy (non-hydrogen) atoms. The molecule has 4 heteroatoms.